The molecular formula is C22H27NO3. The van der Waals surface area contributed by atoms with Gasteiger partial charge in [0.05, 0.1) is 38.5 Å². The predicted molar refractivity (Wildman–Crippen MR) is 102 cm³/mol. The molecule has 1 fully saturated rings. The summed E-state index contributed by atoms with van der Waals surface area (Å²) in [6.45, 7) is 4.23. The molecule has 1 aliphatic rings. The highest BCUT2D eigenvalue weighted by molar-refractivity contribution is 5.77. The molecule has 1 saturated heterocycles. The van der Waals surface area contributed by atoms with E-state index in [1.54, 1.807) is 0 Å². The SMILES string of the molecule is CCC(=O)N1[C@@H](COCc2ccccc2)C[C@@H]1COCc1ccccc1. The zero-order chi connectivity index (χ0) is 18.2. The van der Waals surface area contributed by atoms with Crippen molar-refractivity contribution in [3.63, 3.8) is 0 Å². The van der Waals surface area contributed by atoms with E-state index in [4.69, 9.17) is 9.47 Å². The molecule has 0 aliphatic carbocycles. The minimum Gasteiger partial charge on any atom is -0.375 e. The number of amides is 1. The minimum atomic E-state index is 0.163. The van der Waals surface area contributed by atoms with Crippen LogP contribution in [0.15, 0.2) is 60.7 Å². The monoisotopic (exact) mass is 353 g/mol. The molecule has 4 nitrogen and oxygen atoms in total. The maximum atomic E-state index is 12.3. The fraction of sp³-hybridized carbons (Fsp3) is 0.409. The Bertz CT molecular complexity index is 623. The predicted octanol–water partition coefficient (Wildman–Crippen LogP) is 3.80. The summed E-state index contributed by atoms with van der Waals surface area (Å²) in [7, 11) is 0. The minimum absolute atomic E-state index is 0.163. The van der Waals surface area contributed by atoms with E-state index < -0.39 is 0 Å². The van der Waals surface area contributed by atoms with Crippen molar-refractivity contribution in [1.29, 1.82) is 0 Å². The Morgan fingerprint density at radius 1 is 0.885 bits per heavy atom. The number of hydrogen-bond acceptors (Lipinski definition) is 3. The first kappa shape index (κ1) is 18.6. The quantitative estimate of drug-likeness (QED) is 0.688. The van der Waals surface area contributed by atoms with Crippen LogP contribution in [0, 0.1) is 0 Å². The smallest absolute Gasteiger partial charge is 0.222 e. The molecule has 1 aliphatic heterocycles. The number of rotatable bonds is 9. The largest absolute Gasteiger partial charge is 0.375 e. The first-order valence-corrected chi connectivity index (χ1v) is 9.32. The van der Waals surface area contributed by atoms with Gasteiger partial charge in [0.15, 0.2) is 0 Å². The normalized spacial score (nSPS) is 19.2. The molecule has 1 amide bonds. The van der Waals surface area contributed by atoms with Crippen molar-refractivity contribution in [2.24, 2.45) is 0 Å². The summed E-state index contributed by atoms with van der Waals surface area (Å²) >= 11 is 0. The second-order valence-electron chi connectivity index (χ2n) is 6.70. The van der Waals surface area contributed by atoms with E-state index in [1.165, 1.54) is 0 Å². The van der Waals surface area contributed by atoms with Crippen LogP contribution >= 0.6 is 0 Å². The van der Waals surface area contributed by atoms with Gasteiger partial charge in [0.25, 0.3) is 0 Å². The third-order valence-corrected chi connectivity index (χ3v) is 4.76. The Balaban J connectivity index is 1.44. The van der Waals surface area contributed by atoms with Gasteiger partial charge in [-0.2, -0.15) is 0 Å². The molecule has 0 unspecified atom stereocenters. The fourth-order valence-electron chi connectivity index (χ4n) is 3.36. The number of carbonyl (C=O) groups excluding carboxylic acids is 1. The first-order valence-electron chi connectivity index (χ1n) is 9.32. The lowest BCUT2D eigenvalue weighted by Gasteiger charge is -2.48. The third kappa shape index (κ3) is 4.93. The lowest BCUT2D eigenvalue weighted by molar-refractivity contribution is -0.153. The zero-order valence-electron chi connectivity index (χ0n) is 15.3. The van der Waals surface area contributed by atoms with E-state index in [0.29, 0.717) is 32.8 Å². The maximum absolute atomic E-state index is 12.3. The molecule has 2 aromatic rings. The summed E-state index contributed by atoms with van der Waals surface area (Å²) in [5, 5.41) is 0. The van der Waals surface area contributed by atoms with Gasteiger partial charge >= 0.3 is 0 Å². The Labute approximate surface area is 155 Å². The van der Waals surface area contributed by atoms with Crippen molar-refractivity contribution in [2.45, 2.75) is 45.1 Å². The van der Waals surface area contributed by atoms with E-state index in [-0.39, 0.29) is 18.0 Å². The van der Waals surface area contributed by atoms with E-state index in [0.717, 1.165) is 17.5 Å². The van der Waals surface area contributed by atoms with Crippen LogP contribution in [0.2, 0.25) is 0 Å². The van der Waals surface area contributed by atoms with E-state index in [1.807, 2.05) is 48.2 Å². The van der Waals surface area contributed by atoms with Gasteiger partial charge in [-0.3, -0.25) is 4.79 Å². The molecule has 0 aromatic heterocycles. The van der Waals surface area contributed by atoms with Gasteiger partial charge < -0.3 is 14.4 Å². The van der Waals surface area contributed by atoms with Crippen LogP contribution in [0.4, 0.5) is 0 Å². The molecule has 138 valence electrons. The molecule has 0 spiro atoms. The summed E-state index contributed by atoms with van der Waals surface area (Å²) < 4.78 is 11.7. The molecule has 0 radical (unpaired) electrons. The fourth-order valence-corrected chi connectivity index (χ4v) is 3.36. The Hall–Kier alpha value is -2.17. The van der Waals surface area contributed by atoms with Gasteiger partial charge in [-0.1, -0.05) is 67.6 Å². The summed E-state index contributed by atoms with van der Waals surface area (Å²) in [5.74, 6) is 0.179. The van der Waals surface area contributed by atoms with E-state index >= 15 is 0 Å². The molecule has 0 N–H and O–H groups in total. The summed E-state index contributed by atoms with van der Waals surface area (Å²) in [6.07, 6.45) is 1.46. The van der Waals surface area contributed by atoms with Gasteiger partial charge in [0, 0.05) is 6.42 Å². The molecule has 4 heteroatoms. The lowest BCUT2D eigenvalue weighted by atomic mass is 9.93. The average Bonchev–Trinajstić information content (AvgIpc) is 2.67. The average molecular weight is 353 g/mol. The van der Waals surface area contributed by atoms with Crippen LogP contribution < -0.4 is 0 Å². The number of likely N-dealkylation sites (tertiary alicyclic amines) is 1. The van der Waals surface area contributed by atoms with Crippen molar-refractivity contribution >= 4 is 5.91 Å². The number of carbonyl (C=O) groups is 1. The summed E-state index contributed by atoms with van der Waals surface area (Å²) in [4.78, 5) is 14.3. The van der Waals surface area contributed by atoms with E-state index in [2.05, 4.69) is 24.3 Å². The summed E-state index contributed by atoms with van der Waals surface area (Å²) in [6, 6.07) is 20.6. The van der Waals surface area contributed by atoms with Gasteiger partial charge in [-0.05, 0) is 17.5 Å². The van der Waals surface area contributed by atoms with Crippen molar-refractivity contribution in [2.75, 3.05) is 13.2 Å². The van der Waals surface area contributed by atoms with Crippen molar-refractivity contribution in [3.05, 3.63) is 71.8 Å². The van der Waals surface area contributed by atoms with Crippen LogP contribution in [0.5, 0.6) is 0 Å². The van der Waals surface area contributed by atoms with Crippen molar-refractivity contribution < 1.29 is 14.3 Å². The summed E-state index contributed by atoms with van der Waals surface area (Å²) in [5.41, 5.74) is 2.31. The highest BCUT2D eigenvalue weighted by atomic mass is 16.5. The number of ether oxygens (including phenoxy) is 2. The topological polar surface area (TPSA) is 38.8 Å². The van der Waals surface area contributed by atoms with Crippen LogP contribution in [0.1, 0.15) is 30.9 Å². The van der Waals surface area contributed by atoms with Crippen molar-refractivity contribution in [3.8, 4) is 0 Å². The molecule has 1 heterocycles. The molecular weight excluding hydrogens is 326 g/mol. The second-order valence-corrected chi connectivity index (χ2v) is 6.70. The van der Waals surface area contributed by atoms with Crippen LogP contribution in [0.3, 0.4) is 0 Å². The number of nitrogens with zero attached hydrogens (tertiary/aromatic N) is 1. The zero-order valence-corrected chi connectivity index (χ0v) is 15.3. The van der Waals surface area contributed by atoms with Gasteiger partial charge in [-0.15, -0.1) is 0 Å². The highest BCUT2D eigenvalue weighted by Crippen LogP contribution is 2.28. The molecule has 2 atom stereocenters. The van der Waals surface area contributed by atoms with Crippen LogP contribution in [0.25, 0.3) is 0 Å². The standard InChI is InChI=1S/C22H27NO3/c1-2-22(24)23-20(16-25-14-18-9-5-3-6-10-18)13-21(23)17-26-15-19-11-7-4-8-12-19/h3-12,20-21H,2,13-17H2,1H3/t20-,21-/m1/s1. The molecule has 26 heavy (non-hydrogen) atoms. The van der Waals surface area contributed by atoms with Crippen molar-refractivity contribution in [1.82, 2.24) is 4.90 Å². The first-order chi connectivity index (χ1) is 12.8. The lowest BCUT2D eigenvalue weighted by Crippen LogP contribution is -2.61. The molecule has 3 rings (SSSR count). The number of benzene rings is 2. The van der Waals surface area contributed by atoms with Gasteiger partial charge in [0.1, 0.15) is 0 Å². The molecule has 0 saturated carbocycles. The van der Waals surface area contributed by atoms with Crippen LogP contribution in [-0.4, -0.2) is 36.1 Å². The third-order valence-electron chi connectivity index (χ3n) is 4.76. The Kier molecular flexibility index (Phi) is 6.81. The van der Waals surface area contributed by atoms with Gasteiger partial charge in [0.2, 0.25) is 5.91 Å². The highest BCUT2D eigenvalue weighted by Gasteiger charge is 2.40. The molecule has 2 aromatic carbocycles. The number of hydrogen-bond donors (Lipinski definition) is 0. The van der Waals surface area contributed by atoms with E-state index in [9.17, 15) is 4.79 Å². The van der Waals surface area contributed by atoms with Gasteiger partial charge in [-0.25, -0.2) is 0 Å². The van der Waals surface area contributed by atoms with Crippen LogP contribution in [-0.2, 0) is 27.5 Å². The second kappa shape index (κ2) is 9.51. The Morgan fingerprint density at radius 2 is 1.35 bits per heavy atom. The Morgan fingerprint density at radius 3 is 1.77 bits per heavy atom. The molecule has 0 bridgehead atoms. The maximum Gasteiger partial charge on any atom is 0.222 e.